The molecule has 5 heteroatoms. The predicted octanol–water partition coefficient (Wildman–Crippen LogP) is 2.67. The molecule has 0 amide bonds. The number of halogens is 2. The number of hydrogen-bond donors (Lipinski definition) is 1. The molecule has 0 bridgehead atoms. The summed E-state index contributed by atoms with van der Waals surface area (Å²) >= 11 is 8.64. The zero-order valence-electron chi connectivity index (χ0n) is 6.21. The monoisotopic (exact) mass is 259 g/mol. The third-order valence-corrected chi connectivity index (χ3v) is 2.56. The molecule has 0 radical (unpaired) electrons. The van der Waals surface area contributed by atoms with Crippen molar-refractivity contribution < 1.29 is 9.90 Å². The molecule has 1 N–H and O–H groups in total. The van der Waals surface area contributed by atoms with Crippen LogP contribution in [0.1, 0.15) is 15.9 Å². The number of nitrogens with zero attached hydrogens (tertiary/aromatic N) is 1. The van der Waals surface area contributed by atoms with Crippen LogP contribution in [0.15, 0.2) is 16.6 Å². The first-order valence-electron chi connectivity index (χ1n) is 3.19. The Labute approximate surface area is 87.7 Å². The lowest BCUT2D eigenvalue weighted by atomic mass is 10.1. The zero-order chi connectivity index (χ0) is 10.0. The van der Waals surface area contributed by atoms with Crippen molar-refractivity contribution in [3.8, 4) is 6.07 Å². The van der Waals surface area contributed by atoms with Crippen LogP contribution in [0.4, 0.5) is 0 Å². The van der Waals surface area contributed by atoms with Gasteiger partial charge < -0.3 is 5.11 Å². The first-order valence-corrected chi connectivity index (χ1v) is 4.36. The van der Waals surface area contributed by atoms with Crippen molar-refractivity contribution in [1.82, 2.24) is 0 Å². The largest absolute Gasteiger partial charge is 0.478 e. The van der Waals surface area contributed by atoms with Crippen molar-refractivity contribution in [3.63, 3.8) is 0 Å². The fourth-order valence-corrected chi connectivity index (χ4v) is 1.79. The van der Waals surface area contributed by atoms with Crippen molar-refractivity contribution in [3.05, 3.63) is 32.8 Å². The molecule has 0 heterocycles. The van der Waals surface area contributed by atoms with Gasteiger partial charge in [-0.3, -0.25) is 0 Å². The first-order chi connectivity index (χ1) is 6.07. The van der Waals surface area contributed by atoms with Crippen LogP contribution in [0.5, 0.6) is 0 Å². The van der Waals surface area contributed by atoms with Gasteiger partial charge >= 0.3 is 5.97 Å². The SMILES string of the molecule is N#Cc1ccc(Cl)c(C(=O)O)c1Br. The summed E-state index contributed by atoms with van der Waals surface area (Å²) in [6.45, 7) is 0. The maximum Gasteiger partial charge on any atom is 0.338 e. The van der Waals surface area contributed by atoms with Gasteiger partial charge in [0.05, 0.1) is 20.6 Å². The fourth-order valence-electron chi connectivity index (χ4n) is 0.835. The summed E-state index contributed by atoms with van der Waals surface area (Å²) in [5.41, 5.74) is 0.169. The lowest BCUT2D eigenvalue weighted by Crippen LogP contribution is -2.00. The van der Waals surface area contributed by atoms with E-state index < -0.39 is 5.97 Å². The van der Waals surface area contributed by atoms with E-state index in [1.165, 1.54) is 12.1 Å². The fraction of sp³-hybridized carbons (Fsp3) is 0. The molecule has 66 valence electrons. The molecule has 1 aromatic rings. The summed E-state index contributed by atoms with van der Waals surface area (Å²) in [6.07, 6.45) is 0. The van der Waals surface area contributed by atoms with Gasteiger partial charge in [-0.25, -0.2) is 4.79 Å². The number of hydrogen-bond acceptors (Lipinski definition) is 2. The van der Waals surface area contributed by atoms with Crippen LogP contribution in [0.2, 0.25) is 5.02 Å². The molecule has 0 aliphatic rings. The number of carboxylic acid groups (broad SMARTS) is 1. The highest BCUT2D eigenvalue weighted by Crippen LogP contribution is 2.27. The van der Waals surface area contributed by atoms with Crippen LogP contribution < -0.4 is 0 Å². The summed E-state index contributed by atoms with van der Waals surface area (Å²) in [5.74, 6) is -1.16. The van der Waals surface area contributed by atoms with E-state index in [0.717, 1.165) is 0 Å². The normalized spacial score (nSPS) is 9.31. The van der Waals surface area contributed by atoms with Crippen LogP contribution in [-0.2, 0) is 0 Å². The number of benzene rings is 1. The van der Waals surface area contributed by atoms with Gasteiger partial charge in [-0.15, -0.1) is 0 Å². The van der Waals surface area contributed by atoms with E-state index in [0.29, 0.717) is 0 Å². The highest BCUT2D eigenvalue weighted by Gasteiger charge is 2.15. The third kappa shape index (κ3) is 1.82. The number of aromatic carboxylic acids is 1. The predicted molar refractivity (Wildman–Crippen MR) is 50.8 cm³/mol. The summed E-state index contributed by atoms with van der Waals surface area (Å²) < 4.78 is 0.218. The van der Waals surface area contributed by atoms with Gasteiger partial charge in [0.2, 0.25) is 0 Å². The van der Waals surface area contributed by atoms with E-state index in [1.807, 2.05) is 6.07 Å². The molecule has 0 spiro atoms. The first kappa shape index (κ1) is 10.0. The highest BCUT2D eigenvalue weighted by molar-refractivity contribution is 9.10. The molecule has 0 aliphatic heterocycles. The van der Waals surface area contributed by atoms with Gasteiger partial charge in [-0.2, -0.15) is 5.26 Å². The smallest absolute Gasteiger partial charge is 0.338 e. The number of rotatable bonds is 1. The zero-order valence-corrected chi connectivity index (χ0v) is 8.56. The number of carboxylic acids is 1. The summed E-state index contributed by atoms with van der Waals surface area (Å²) in [5, 5.41) is 17.5. The molecule has 13 heavy (non-hydrogen) atoms. The quantitative estimate of drug-likeness (QED) is 0.844. The van der Waals surface area contributed by atoms with Gasteiger partial charge in [0.15, 0.2) is 0 Å². The number of carbonyl (C=O) groups is 1. The van der Waals surface area contributed by atoms with E-state index in [-0.39, 0.29) is 20.6 Å². The Morgan fingerprint density at radius 1 is 1.62 bits per heavy atom. The average molecular weight is 260 g/mol. The highest BCUT2D eigenvalue weighted by atomic mass is 79.9. The van der Waals surface area contributed by atoms with Gasteiger partial charge in [0.25, 0.3) is 0 Å². The summed E-state index contributed by atoms with van der Waals surface area (Å²) in [7, 11) is 0. The molecule has 1 aromatic carbocycles. The maximum absolute atomic E-state index is 10.7. The van der Waals surface area contributed by atoms with Crippen molar-refractivity contribution >= 4 is 33.5 Å². The van der Waals surface area contributed by atoms with Crippen molar-refractivity contribution in [2.75, 3.05) is 0 Å². The van der Waals surface area contributed by atoms with Crippen LogP contribution >= 0.6 is 27.5 Å². The summed E-state index contributed by atoms with van der Waals surface area (Å²) in [6, 6.07) is 4.69. The lowest BCUT2D eigenvalue weighted by molar-refractivity contribution is 0.0696. The molecular formula is C8H3BrClNO2. The Balaban J connectivity index is 3.50. The van der Waals surface area contributed by atoms with Gasteiger partial charge in [-0.1, -0.05) is 11.6 Å². The Morgan fingerprint density at radius 2 is 2.23 bits per heavy atom. The maximum atomic E-state index is 10.7. The van der Waals surface area contributed by atoms with Gasteiger partial charge in [0.1, 0.15) is 6.07 Å². The van der Waals surface area contributed by atoms with Crippen LogP contribution in [0.25, 0.3) is 0 Å². The third-order valence-electron chi connectivity index (χ3n) is 1.43. The second-order valence-corrected chi connectivity index (χ2v) is 3.40. The molecule has 0 aliphatic carbocycles. The van der Waals surface area contributed by atoms with E-state index in [9.17, 15) is 4.79 Å². The molecule has 3 nitrogen and oxygen atoms in total. The summed E-state index contributed by atoms with van der Waals surface area (Å²) in [4.78, 5) is 10.7. The molecule has 1 rings (SSSR count). The molecule has 0 aromatic heterocycles. The molecule has 0 fully saturated rings. The van der Waals surface area contributed by atoms with Gasteiger partial charge in [-0.05, 0) is 28.1 Å². The number of nitriles is 1. The van der Waals surface area contributed by atoms with Gasteiger partial charge in [0, 0.05) is 0 Å². The Hall–Kier alpha value is -1.05. The topological polar surface area (TPSA) is 61.1 Å². The minimum atomic E-state index is -1.16. The minimum Gasteiger partial charge on any atom is -0.478 e. The Bertz CT molecular complexity index is 411. The molecule has 0 atom stereocenters. The van der Waals surface area contributed by atoms with Crippen molar-refractivity contribution in [2.24, 2.45) is 0 Å². The van der Waals surface area contributed by atoms with E-state index >= 15 is 0 Å². The lowest BCUT2D eigenvalue weighted by Gasteiger charge is -2.02. The Morgan fingerprint density at radius 3 is 2.69 bits per heavy atom. The average Bonchev–Trinajstić information content (AvgIpc) is 2.04. The van der Waals surface area contributed by atoms with Crippen molar-refractivity contribution in [2.45, 2.75) is 0 Å². The van der Waals surface area contributed by atoms with E-state index in [2.05, 4.69) is 15.9 Å². The molecule has 0 saturated carbocycles. The second kappa shape index (κ2) is 3.77. The molecule has 0 saturated heterocycles. The standard InChI is InChI=1S/C8H3BrClNO2/c9-7-4(3-11)1-2-5(10)6(7)8(12)13/h1-2H,(H,12,13). The minimum absolute atomic E-state index is 0.0827. The van der Waals surface area contributed by atoms with Crippen LogP contribution in [0, 0.1) is 11.3 Å². The van der Waals surface area contributed by atoms with E-state index in [1.54, 1.807) is 0 Å². The van der Waals surface area contributed by atoms with Crippen molar-refractivity contribution in [1.29, 1.82) is 5.26 Å². The molecule has 0 unspecified atom stereocenters. The van der Waals surface area contributed by atoms with E-state index in [4.69, 9.17) is 22.0 Å². The Kier molecular flexibility index (Phi) is 2.91. The van der Waals surface area contributed by atoms with Crippen LogP contribution in [0.3, 0.4) is 0 Å². The van der Waals surface area contributed by atoms with Crippen LogP contribution in [-0.4, -0.2) is 11.1 Å². The molecular weight excluding hydrogens is 257 g/mol. The second-order valence-electron chi connectivity index (χ2n) is 2.20.